The summed E-state index contributed by atoms with van der Waals surface area (Å²) >= 11 is 0. The van der Waals surface area contributed by atoms with Gasteiger partial charge < -0.3 is 23.9 Å². The highest BCUT2D eigenvalue weighted by Gasteiger charge is 2.19. The van der Waals surface area contributed by atoms with E-state index in [4.69, 9.17) is 13.9 Å². The van der Waals surface area contributed by atoms with Crippen LogP contribution in [0.25, 0.3) is 11.0 Å². The molecular weight excluding hydrogens is 384 g/mol. The summed E-state index contributed by atoms with van der Waals surface area (Å²) in [5.74, 6) is 0.588. The molecule has 6 nitrogen and oxygen atoms in total. The number of hydrogen-bond donors (Lipinski definition) is 1. The van der Waals surface area contributed by atoms with Crippen LogP contribution in [0.2, 0.25) is 0 Å². The number of ether oxygens (including phenoxy) is 3. The van der Waals surface area contributed by atoms with Gasteiger partial charge in [0.2, 0.25) is 0 Å². The van der Waals surface area contributed by atoms with Gasteiger partial charge in [0.15, 0.2) is 22.8 Å². The van der Waals surface area contributed by atoms with Crippen LogP contribution in [0.4, 0.5) is 8.78 Å². The molecule has 3 rings (SSSR count). The number of rotatable bonds is 8. The van der Waals surface area contributed by atoms with Crippen molar-refractivity contribution >= 4 is 16.9 Å². The lowest BCUT2D eigenvalue weighted by molar-refractivity contribution is -0.0512. The summed E-state index contributed by atoms with van der Waals surface area (Å²) in [7, 11) is 1.33. The summed E-state index contributed by atoms with van der Waals surface area (Å²) in [6.45, 7) is 1.11. The topological polar surface area (TPSA) is 69.9 Å². The molecule has 1 N–H and O–H groups in total. The van der Waals surface area contributed by atoms with Crippen LogP contribution in [0.5, 0.6) is 17.2 Å². The van der Waals surface area contributed by atoms with E-state index in [0.717, 1.165) is 5.39 Å². The van der Waals surface area contributed by atoms with Crippen LogP contribution in [0, 0.1) is 0 Å². The highest BCUT2D eigenvalue weighted by Crippen LogP contribution is 2.32. The summed E-state index contributed by atoms with van der Waals surface area (Å²) in [6.07, 6.45) is 0. The summed E-state index contributed by atoms with van der Waals surface area (Å²) in [6, 6.07) is 11.0. The predicted octanol–water partition coefficient (Wildman–Crippen LogP) is 4.93. The normalized spacial score (nSPS) is 12.1. The quantitative estimate of drug-likeness (QED) is 0.575. The molecule has 0 fully saturated rings. The molecule has 3 aromatic rings. The van der Waals surface area contributed by atoms with Crippen LogP contribution in [-0.2, 0) is 0 Å². The fraction of sp³-hybridized carbons (Fsp3) is 0.286. The van der Waals surface area contributed by atoms with Crippen molar-refractivity contribution in [2.45, 2.75) is 26.5 Å². The van der Waals surface area contributed by atoms with Crippen molar-refractivity contribution in [1.82, 2.24) is 5.32 Å². The average molecular weight is 405 g/mol. The second kappa shape index (κ2) is 8.81. The zero-order valence-electron chi connectivity index (χ0n) is 16.2. The third kappa shape index (κ3) is 4.59. The van der Waals surface area contributed by atoms with Crippen molar-refractivity contribution in [2.75, 3.05) is 13.7 Å². The van der Waals surface area contributed by atoms with Gasteiger partial charge in [0.25, 0.3) is 5.91 Å². The zero-order valence-corrected chi connectivity index (χ0v) is 16.2. The number of carbonyl (C=O) groups excluding carboxylic acids is 1. The van der Waals surface area contributed by atoms with E-state index in [1.807, 2.05) is 31.2 Å². The van der Waals surface area contributed by atoms with E-state index in [1.165, 1.54) is 25.3 Å². The van der Waals surface area contributed by atoms with Gasteiger partial charge in [-0.25, -0.2) is 0 Å². The van der Waals surface area contributed by atoms with Crippen LogP contribution >= 0.6 is 0 Å². The number of halogens is 2. The summed E-state index contributed by atoms with van der Waals surface area (Å²) in [5.41, 5.74) is 0.752. The molecule has 0 aliphatic rings. The minimum absolute atomic E-state index is 0.107. The molecule has 1 amide bonds. The SMILES string of the molecule is CCOc1cccc2cc(C(C)NC(=O)c3ccc(OC)c(OC(F)F)c3)oc12. The molecule has 0 saturated heterocycles. The fourth-order valence-electron chi connectivity index (χ4n) is 2.90. The largest absolute Gasteiger partial charge is 0.493 e. The Hall–Kier alpha value is -3.29. The minimum Gasteiger partial charge on any atom is -0.493 e. The van der Waals surface area contributed by atoms with E-state index in [-0.39, 0.29) is 17.1 Å². The lowest BCUT2D eigenvalue weighted by Gasteiger charge is -2.14. The molecule has 0 aliphatic heterocycles. The number of methoxy groups -OCH3 is 1. The Morgan fingerprint density at radius 3 is 2.62 bits per heavy atom. The van der Waals surface area contributed by atoms with Gasteiger partial charge in [-0.2, -0.15) is 8.78 Å². The second-order valence-corrected chi connectivity index (χ2v) is 6.20. The summed E-state index contributed by atoms with van der Waals surface area (Å²) in [5, 5.41) is 3.64. The molecule has 0 bridgehead atoms. The van der Waals surface area contributed by atoms with Gasteiger partial charge in [0, 0.05) is 10.9 Å². The summed E-state index contributed by atoms with van der Waals surface area (Å²) in [4.78, 5) is 12.6. The molecule has 0 saturated carbocycles. The average Bonchev–Trinajstić information content (AvgIpc) is 3.13. The monoisotopic (exact) mass is 405 g/mol. The maximum absolute atomic E-state index is 12.6. The van der Waals surface area contributed by atoms with Gasteiger partial charge in [0.1, 0.15) is 5.76 Å². The standard InChI is InChI=1S/C21H21F2NO5/c1-4-27-16-7-5-6-13-10-17(28-19(13)16)12(2)24-20(25)14-8-9-15(26-3)18(11-14)29-21(22)23/h5-12,21H,4H2,1-3H3,(H,24,25). The highest BCUT2D eigenvalue weighted by molar-refractivity contribution is 5.95. The van der Waals surface area contributed by atoms with E-state index in [9.17, 15) is 13.6 Å². The lowest BCUT2D eigenvalue weighted by atomic mass is 10.1. The number of amides is 1. The highest BCUT2D eigenvalue weighted by atomic mass is 19.3. The Morgan fingerprint density at radius 2 is 1.93 bits per heavy atom. The van der Waals surface area contributed by atoms with Gasteiger partial charge in [-0.1, -0.05) is 12.1 Å². The molecule has 154 valence electrons. The molecule has 1 aromatic heterocycles. The van der Waals surface area contributed by atoms with Crippen molar-refractivity contribution in [3.63, 3.8) is 0 Å². The van der Waals surface area contributed by atoms with Crippen molar-refractivity contribution < 1.29 is 32.2 Å². The Kier molecular flexibility index (Phi) is 6.21. The van der Waals surface area contributed by atoms with Crippen LogP contribution < -0.4 is 19.5 Å². The van der Waals surface area contributed by atoms with Gasteiger partial charge in [-0.3, -0.25) is 4.79 Å². The van der Waals surface area contributed by atoms with Crippen molar-refractivity contribution in [3.8, 4) is 17.2 Å². The molecule has 0 spiro atoms. The van der Waals surface area contributed by atoms with E-state index >= 15 is 0 Å². The van der Waals surface area contributed by atoms with Crippen LogP contribution in [0.15, 0.2) is 46.9 Å². The first kappa shape index (κ1) is 20.4. The number of benzene rings is 2. The first-order chi connectivity index (χ1) is 13.9. The Balaban J connectivity index is 1.80. The maximum Gasteiger partial charge on any atom is 0.387 e. The predicted molar refractivity (Wildman–Crippen MR) is 103 cm³/mol. The Morgan fingerprint density at radius 1 is 1.14 bits per heavy atom. The number of carbonyl (C=O) groups is 1. The van der Waals surface area contributed by atoms with Gasteiger partial charge >= 0.3 is 6.61 Å². The van der Waals surface area contributed by atoms with Gasteiger partial charge in [-0.15, -0.1) is 0 Å². The fourth-order valence-corrected chi connectivity index (χ4v) is 2.90. The second-order valence-electron chi connectivity index (χ2n) is 6.20. The Labute approximate surface area is 166 Å². The van der Waals surface area contributed by atoms with Crippen molar-refractivity contribution in [2.24, 2.45) is 0 Å². The molecule has 0 aliphatic carbocycles. The van der Waals surface area contributed by atoms with Crippen LogP contribution in [0.3, 0.4) is 0 Å². The molecule has 2 aromatic carbocycles. The van der Waals surface area contributed by atoms with E-state index in [1.54, 1.807) is 6.92 Å². The minimum atomic E-state index is -3.03. The molecular formula is C21H21F2NO5. The molecule has 29 heavy (non-hydrogen) atoms. The number of hydrogen-bond acceptors (Lipinski definition) is 5. The summed E-state index contributed by atoms with van der Waals surface area (Å²) < 4.78 is 46.0. The number of fused-ring (bicyclic) bond motifs is 1. The zero-order chi connectivity index (χ0) is 21.0. The maximum atomic E-state index is 12.6. The molecule has 1 unspecified atom stereocenters. The van der Waals surface area contributed by atoms with Crippen molar-refractivity contribution in [3.05, 3.63) is 53.8 Å². The van der Waals surface area contributed by atoms with Crippen LogP contribution in [-0.4, -0.2) is 26.2 Å². The first-order valence-corrected chi connectivity index (χ1v) is 9.02. The number of furan rings is 1. The van der Waals surface area contributed by atoms with E-state index < -0.39 is 18.6 Å². The van der Waals surface area contributed by atoms with Gasteiger partial charge in [-0.05, 0) is 44.2 Å². The number of para-hydroxylation sites is 1. The third-order valence-corrected chi connectivity index (χ3v) is 4.24. The smallest absolute Gasteiger partial charge is 0.387 e. The van der Waals surface area contributed by atoms with Gasteiger partial charge in [0.05, 0.1) is 19.8 Å². The van der Waals surface area contributed by atoms with Crippen molar-refractivity contribution in [1.29, 1.82) is 0 Å². The third-order valence-electron chi connectivity index (χ3n) is 4.24. The lowest BCUT2D eigenvalue weighted by Crippen LogP contribution is -2.26. The molecule has 1 atom stereocenters. The molecule has 1 heterocycles. The van der Waals surface area contributed by atoms with E-state index in [2.05, 4.69) is 10.1 Å². The number of nitrogens with one attached hydrogen (secondary N) is 1. The van der Waals surface area contributed by atoms with Crippen LogP contribution in [0.1, 0.15) is 36.0 Å². The van der Waals surface area contributed by atoms with E-state index in [0.29, 0.717) is 23.7 Å². The molecule has 8 heteroatoms. The first-order valence-electron chi connectivity index (χ1n) is 9.02. The Bertz CT molecular complexity index is 1000. The molecule has 0 radical (unpaired) electrons. The number of alkyl halides is 2.